The summed E-state index contributed by atoms with van der Waals surface area (Å²) in [6, 6.07) is 8.01. The summed E-state index contributed by atoms with van der Waals surface area (Å²) in [5, 5.41) is 15.3. The number of ether oxygens (including phenoxy) is 1. The van der Waals surface area contributed by atoms with Crippen LogP contribution in [0, 0.1) is 17.1 Å². The third-order valence-electron chi connectivity index (χ3n) is 3.52. The second kappa shape index (κ2) is 4.97. The molecule has 0 saturated heterocycles. The van der Waals surface area contributed by atoms with E-state index in [-0.39, 0.29) is 12.4 Å². The SMILES string of the molecule is CC1(C)C=C2C(=NN(c3cccc(F)c3)C(N)=C2C#N)CO1. The van der Waals surface area contributed by atoms with Crippen molar-refractivity contribution in [1.82, 2.24) is 0 Å². The Morgan fingerprint density at radius 3 is 2.91 bits per heavy atom. The van der Waals surface area contributed by atoms with E-state index >= 15 is 0 Å². The zero-order valence-corrected chi connectivity index (χ0v) is 12.3. The molecule has 1 aromatic carbocycles. The Hall–Kier alpha value is -2.65. The summed E-state index contributed by atoms with van der Waals surface area (Å²) >= 11 is 0. The molecule has 22 heavy (non-hydrogen) atoms. The third-order valence-corrected chi connectivity index (χ3v) is 3.52. The van der Waals surface area contributed by atoms with Gasteiger partial charge in [-0.15, -0.1) is 0 Å². The molecule has 112 valence electrons. The van der Waals surface area contributed by atoms with Crippen LogP contribution in [-0.4, -0.2) is 17.9 Å². The fourth-order valence-corrected chi connectivity index (χ4v) is 2.44. The van der Waals surface area contributed by atoms with Crippen LogP contribution in [0.2, 0.25) is 0 Å². The summed E-state index contributed by atoms with van der Waals surface area (Å²) in [7, 11) is 0. The highest BCUT2D eigenvalue weighted by Gasteiger charge is 2.33. The first-order chi connectivity index (χ1) is 10.4. The smallest absolute Gasteiger partial charge is 0.144 e. The fourth-order valence-electron chi connectivity index (χ4n) is 2.44. The molecule has 0 saturated carbocycles. The van der Waals surface area contributed by atoms with E-state index in [0.29, 0.717) is 22.5 Å². The van der Waals surface area contributed by atoms with E-state index in [4.69, 9.17) is 10.5 Å². The minimum Gasteiger partial charge on any atom is -0.383 e. The molecule has 0 atom stereocenters. The maximum atomic E-state index is 13.4. The van der Waals surface area contributed by atoms with Crippen LogP contribution in [-0.2, 0) is 4.74 Å². The molecular weight excluding hydrogens is 283 g/mol. The fraction of sp³-hybridized carbons (Fsp3) is 0.250. The van der Waals surface area contributed by atoms with Gasteiger partial charge in [-0.3, -0.25) is 0 Å². The molecule has 2 N–H and O–H groups in total. The molecule has 0 unspecified atom stereocenters. The summed E-state index contributed by atoms with van der Waals surface area (Å²) < 4.78 is 19.1. The summed E-state index contributed by atoms with van der Waals surface area (Å²) in [5.74, 6) is -0.216. The first kappa shape index (κ1) is 14.3. The molecule has 0 fully saturated rings. The van der Waals surface area contributed by atoms with Crippen molar-refractivity contribution < 1.29 is 9.13 Å². The maximum absolute atomic E-state index is 13.4. The lowest BCUT2D eigenvalue weighted by atomic mass is 9.92. The van der Waals surface area contributed by atoms with Crippen molar-refractivity contribution in [2.45, 2.75) is 19.4 Å². The lowest BCUT2D eigenvalue weighted by molar-refractivity contribution is 0.0409. The zero-order chi connectivity index (χ0) is 15.9. The monoisotopic (exact) mass is 298 g/mol. The van der Waals surface area contributed by atoms with Gasteiger partial charge in [-0.2, -0.15) is 10.4 Å². The van der Waals surface area contributed by atoms with E-state index in [1.165, 1.54) is 17.1 Å². The van der Waals surface area contributed by atoms with E-state index < -0.39 is 11.4 Å². The van der Waals surface area contributed by atoms with Gasteiger partial charge in [0.15, 0.2) is 0 Å². The van der Waals surface area contributed by atoms with Crippen molar-refractivity contribution in [3.63, 3.8) is 0 Å². The number of halogens is 1. The van der Waals surface area contributed by atoms with Crippen LogP contribution >= 0.6 is 0 Å². The topological polar surface area (TPSA) is 74.6 Å². The van der Waals surface area contributed by atoms with Crippen LogP contribution in [0.3, 0.4) is 0 Å². The normalized spacial score (nSPS) is 20.0. The number of hydrazone groups is 1. The Kier molecular flexibility index (Phi) is 3.23. The van der Waals surface area contributed by atoms with Gasteiger partial charge < -0.3 is 10.5 Å². The average molecular weight is 298 g/mol. The Morgan fingerprint density at radius 2 is 2.23 bits per heavy atom. The van der Waals surface area contributed by atoms with Crippen LogP contribution < -0.4 is 10.7 Å². The number of anilines is 1. The van der Waals surface area contributed by atoms with E-state index in [1.54, 1.807) is 12.1 Å². The number of nitrogens with two attached hydrogens (primary N) is 1. The minimum atomic E-state index is -0.488. The number of rotatable bonds is 1. The van der Waals surface area contributed by atoms with Crippen LogP contribution in [0.4, 0.5) is 10.1 Å². The summed E-state index contributed by atoms with van der Waals surface area (Å²) in [4.78, 5) is 0. The molecule has 0 aliphatic carbocycles. The van der Waals surface area contributed by atoms with Gasteiger partial charge in [0.1, 0.15) is 23.3 Å². The predicted octanol–water partition coefficient (Wildman–Crippen LogP) is 2.43. The molecule has 2 heterocycles. The van der Waals surface area contributed by atoms with E-state index in [0.717, 1.165) is 0 Å². The molecule has 3 rings (SSSR count). The van der Waals surface area contributed by atoms with Gasteiger partial charge in [0, 0.05) is 5.57 Å². The Labute approximate surface area is 127 Å². The number of hydrogen-bond acceptors (Lipinski definition) is 5. The standard InChI is InChI=1S/C16H15FN4O/c1-16(2)7-12-13(8-18)15(19)21(20-14(12)9-22-16)11-5-3-4-10(17)6-11/h3-7H,9,19H2,1-2H3. The first-order valence-electron chi connectivity index (χ1n) is 6.82. The lowest BCUT2D eigenvalue weighted by Gasteiger charge is -2.34. The van der Waals surface area contributed by atoms with Crippen LogP contribution in [0.1, 0.15) is 13.8 Å². The molecule has 0 aromatic heterocycles. The second-order valence-electron chi connectivity index (χ2n) is 5.66. The third kappa shape index (κ3) is 2.36. The van der Waals surface area contributed by atoms with Gasteiger partial charge >= 0.3 is 0 Å². The first-order valence-corrected chi connectivity index (χ1v) is 6.82. The number of nitriles is 1. The lowest BCUT2D eigenvalue weighted by Crippen LogP contribution is -2.39. The van der Waals surface area contributed by atoms with Crippen molar-refractivity contribution in [3.05, 3.63) is 53.1 Å². The van der Waals surface area contributed by atoms with Crippen molar-refractivity contribution in [3.8, 4) is 6.07 Å². The molecule has 2 aliphatic heterocycles. The Balaban J connectivity index is 2.14. The van der Waals surface area contributed by atoms with Crippen molar-refractivity contribution in [2.24, 2.45) is 10.8 Å². The van der Waals surface area contributed by atoms with Gasteiger partial charge in [0.05, 0.1) is 23.6 Å². The second-order valence-corrected chi connectivity index (χ2v) is 5.66. The van der Waals surface area contributed by atoms with Gasteiger partial charge in [-0.1, -0.05) is 6.07 Å². The van der Waals surface area contributed by atoms with Crippen LogP contribution in [0.5, 0.6) is 0 Å². The van der Waals surface area contributed by atoms with E-state index in [9.17, 15) is 9.65 Å². The maximum Gasteiger partial charge on any atom is 0.144 e. The largest absolute Gasteiger partial charge is 0.383 e. The Bertz CT molecular complexity index is 771. The molecule has 1 aromatic rings. The predicted molar refractivity (Wildman–Crippen MR) is 81.3 cm³/mol. The minimum absolute atomic E-state index is 0.181. The van der Waals surface area contributed by atoms with Gasteiger partial charge in [0.2, 0.25) is 0 Å². The molecule has 6 heteroatoms. The number of nitrogens with zero attached hydrogens (tertiary/aromatic N) is 3. The van der Waals surface area contributed by atoms with Gasteiger partial charge in [-0.25, -0.2) is 9.40 Å². The van der Waals surface area contributed by atoms with Crippen molar-refractivity contribution in [2.75, 3.05) is 11.6 Å². The summed E-state index contributed by atoms with van der Waals surface area (Å²) in [5.41, 5.74) is 7.67. The van der Waals surface area contributed by atoms with Gasteiger partial charge in [-0.05, 0) is 38.1 Å². The van der Waals surface area contributed by atoms with Crippen LogP contribution in [0.15, 0.2) is 52.4 Å². The molecule has 0 amide bonds. The molecule has 5 nitrogen and oxygen atoms in total. The van der Waals surface area contributed by atoms with Gasteiger partial charge in [0.25, 0.3) is 0 Å². The zero-order valence-electron chi connectivity index (χ0n) is 12.3. The van der Waals surface area contributed by atoms with Crippen LogP contribution in [0.25, 0.3) is 0 Å². The number of hydrogen-bond donors (Lipinski definition) is 1. The average Bonchev–Trinajstić information content (AvgIpc) is 2.46. The van der Waals surface area contributed by atoms with E-state index in [1.807, 2.05) is 19.9 Å². The highest BCUT2D eigenvalue weighted by Crippen LogP contribution is 2.32. The van der Waals surface area contributed by atoms with Crippen molar-refractivity contribution in [1.29, 1.82) is 5.26 Å². The van der Waals surface area contributed by atoms with Crippen molar-refractivity contribution >= 4 is 11.4 Å². The molecule has 0 radical (unpaired) electrons. The number of benzene rings is 1. The molecule has 0 bridgehead atoms. The molecular formula is C16H15FN4O. The quantitative estimate of drug-likeness (QED) is 0.864. The summed E-state index contributed by atoms with van der Waals surface area (Å²) in [6.07, 6.45) is 1.84. The molecule has 2 aliphatic rings. The highest BCUT2D eigenvalue weighted by molar-refractivity contribution is 6.08. The number of allylic oxidation sites excluding steroid dienone is 1. The summed E-state index contributed by atoms with van der Waals surface area (Å²) in [6.45, 7) is 4.07. The van der Waals surface area contributed by atoms with E-state index in [2.05, 4.69) is 11.2 Å². The Morgan fingerprint density at radius 1 is 1.45 bits per heavy atom. The highest BCUT2D eigenvalue weighted by atomic mass is 19.1. The molecule has 0 spiro atoms. The number of fused-ring (bicyclic) bond motifs is 1.